The maximum atomic E-state index is 13.4. The molecule has 4 aromatic rings. The van der Waals surface area contributed by atoms with E-state index in [1.807, 2.05) is 18.9 Å². The first kappa shape index (κ1) is 22.8. The van der Waals surface area contributed by atoms with E-state index in [2.05, 4.69) is 15.4 Å². The zero-order chi connectivity index (χ0) is 24.5. The first-order valence-electron chi connectivity index (χ1n) is 12.0. The van der Waals surface area contributed by atoms with Gasteiger partial charge in [0, 0.05) is 31.4 Å². The quantitative estimate of drug-likeness (QED) is 0.432. The third-order valence-electron chi connectivity index (χ3n) is 6.82. The van der Waals surface area contributed by atoms with Crippen molar-refractivity contribution >= 4 is 28.5 Å². The molecule has 0 aliphatic heterocycles. The number of amides is 2. The monoisotopic (exact) mass is 471 g/mol. The Morgan fingerprint density at radius 2 is 1.86 bits per heavy atom. The predicted molar refractivity (Wildman–Crippen MR) is 134 cm³/mol. The van der Waals surface area contributed by atoms with Crippen LogP contribution in [-0.2, 0) is 7.05 Å². The van der Waals surface area contributed by atoms with Crippen LogP contribution in [0, 0.1) is 6.92 Å². The maximum absolute atomic E-state index is 13.4. The second-order valence-electron chi connectivity index (χ2n) is 9.18. The normalized spacial score (nSPS) is 14.3. The second-order valence-corrected chi connectivity index (χ2v) is 9.18. The van der Waals surface area contributed by atoms with Crippen LogP contribution in [0.2, 0.25) is 0 Å². The van der Waals surface area contributed by atoms with Gasteiger partial charge in [-0.25, -0.2) is 4.98 Å². The van der Waals surface area contributed by atoms with Gasteiger partial charge in [-0.2, -0.15) is 5.10 Å². The molecule has 1 saturated carbocycles. The smallest absolute Gasteiger partial charge is 0.256 e. The summed E-state index contributed by atoms with van der Waals surface area (Å²) in [6.45, 7) is 1.86. The molecule has 3 heterocycles. The number of aryl methyl sites for hydroxylation is 2. The second kappa shape index (κ2) is 9.37. The number of carbonyl (C=O) groups excluding carboxylic acids is 2. The third-order valence-corrected chi connectivity index (χ3v) is 6.82. The summed E-state index contributed by atoms with van der Waals surface area (Å²) >= 11 is 0. The lowest BCUT2D eigenvalue weighted by atomic mass is 9.94. The number of rotatable bonds is 5. The van der Waals surface area contributed by atoms with Crippen molar-refractivity contribution in [2.24, 2.45) is 7.05 Å². The number of nitrogens with one attached hydrogen (secondary N) is 1. The van der Waals surface area contributed by atoms with Crippen molar-refractivity contribution in [3.8, 4) is 11.5 Å². The molecule has 1 aliphatic rings. The van der Waals surface area contributed by atoms with E-state index in [0.717, 1.165) is 18.5 Å². The zero-order valence-electron chi connectivity index (χ0n) is 20.2. The van der Waals surface area contributed by atoms with Gasteiger partial charge >= 0.3 is 0 Å². The Hall–Kier alpha value is -3.94. The molecule has 1 aromatic carbocycles. The number of benzene rings is 1. The molecule has 0 saturated heterocycles. The average Bonchev–Trinajstić information content (AvgIpc) is 3.52. The van der Waals surface area contributed by atoms with Crippen molar-refractivity contribution in [1.29, 1.82) is 0 Å². The molecule has 0 bridgehead atoms. The molecule has 1 fully saturated rings. The van der Waals surface area contributed by atoms with Gasteiger partial charge in [0.2, 0.25) is 0 Å². The summed E-state index contributed by atoms with van der Waals surface area (Å²) in [5, 5.41) is 8.10. The van der Waals surface area contributed by atoms with Crippen LogP contribution in [0.3, 0.4) is 0 Å². The highest BCUT2D eigenvalue weighted by atomic mass is 16.3. The van der Waals surface area contributed by atoms with E-state index < -0.39 is 0 Å². The summed E-state index contributed by atoms with van der Waals surface area (Å²) in [6, 6.07) is 12.7. The number of aromatic nitrogens is 3. The Balaban J connectivity index is 1.39. The van der Waals surface area contributed by atoms with E-state index in [1.165, 1.54) is 19.3 Å². The van der Waals surface area contributed by atoms with Crippen LogP contribution in [0.5, 0.6) is 0 Å². The lowest BCUT2D eigenvalue weighted by Gasteiger charge is -2.31. The topological polar surface area (TPSA) is 93.3 Å². The van der Waals surface area contributed by atoms with E-state index in [1.54, 1.807) is 60.5 Å². The lowest BCUT2D eigenvalue weighted by Crippen LogP contribution is -2.38. The fourth-order valence-electron chi connectivity index (χ4n) is 4.91. The van der Waals surface area contributed by atoms with Gasteiger partial charge in [-0.3, -0.25) is 14.3 Å². The number of fused-ring (bicyclic) bond motifs is 1. The van der Waals surface area contributed by atoms with Gasteiger partial charge in [0.1, 0.15) is 5.69 Å². The minimum absolute atomic E-state index is 0.0136. The number of anilines is 1. The van der Waals surface area contributed by atoms with Crippen LogP contribution in [0.4, 0.5) is 5.69 Å². The van der Waals surface area contributed by atoms with Gasteiger partial charge in [-0.05, 0) is 62.2 Å². The van der Waals surface area contributed by atoms with Crippen LogP contribution in [0.15, 0.2) is 53.1 Å². The van der Waals surface area contributed by atoms with Crippen LogP contribution < -0.4 is 5.32 Å². The van der Waals surface area contributed by atoms with Crippen molar-refractivity contribution < 1.29 is 14.0 Å². The Kier molecular flexibility index (Phi) is 6.11. The first-order valence-corrected chi connectivity index (χ1v) is 12.0. The molecule has 0 unspecified atom stereocenters. The number of nitrogens with zero attached hydrogens (tertiary/aromatic N) is 4. The molecule has 5 rings (SSSR count). The number of furan rings is 1. The number of hydrogen-bond donors (Lipinski definition) is 1. The Labute approximate surface area is 203 Å². The number of pyridine rings is 1. The summed E-state index contributed by atoms with van der Waals surface area (Å²) < 4.78 is 7.17. The van der Waals surface area contributed by atoms with Crippen molar-refractivity contribution in [3.63, 3.8) is 0 Å². The van der Waals surface area contributed by atoms with Crippen molar-refractivity contribution in [1.82, 2.24) is 19.7 Å². The Morgan fingerprint density at radius 1 is 1.11 bits per heavy atom. The molecule has 8 nitrogen and oxygen atoms in total. The fourth-order valence-corrected chi connectivity index (χ4v) is 4.91. The summed E-state index contributed by atoms with van der Waals surface area (Å²) in [4.78, 5) is 32.8. The van der Waals surface area contributed by atoms with Gasteiger partial charge in [-0.15, -0.1) is 0 Å². The number of hydrogen-bond acceptors (Lipinski definition) is 5. The predicted octanol–water partition coefficient (Wildman–Crippen LogP) is 5.19. The molecule has 0 atom stereocenters. The molecule has 0 spiro atoms. The molecule has 1 aliphatic carbocycles. The average molecular weight is 472 g/mol. The molecule has 2 amide bonds. The van der Waals surface area contributed by atoms with E-state index in [-0.39, 0.29) is 11.8 Å². The SMILES string of the molecule is Cc1nn(C)c2nc(-c3ccco3)cc(C(=O)Nc3ccc(C(=O)N(C)C4CCCCC4)cc3)c12. The molecule has 180 valence electrons. The van der Waals surface area contributed by atoms with Crippen LogP contribution in [0.1, 0.15) is 58.5 Å². The molecular formula is C27H29N5O3. The van der Waals surface area contributed by atoms with E-state index in [0.29, 0.717) is 45.3 Å². The van der Waals surface area contributed by atoms with Crippen LogP contribution in [0.25, 0.3) is 22.5 Å². The van der Waals surface area contributed by atoms with Gasteiger partial charge in [-0.1, -0.05) is 19.3 Å². The molecule has 3 aromatic heterocycles. The first-order chi connectivity index (χ1) is 16.9. The highest BCUT2D eigenvalue weighted by Gasteiger charge is 2.23. The minimum Gasteiger partial charge on any atom is -0.463 e. The molecule has 8 heteroatoms. The summed E-state index contributed by atoms with van der Waals surface area (Å²) in [7, 11) is 3.69. The minimum atomic E-state index is -0.278. The Bertz CT molecular complexity index is 1370. The standard InChI is InChI=1S/C27H29N5O3/c1-17-24-21(16-22(23-10-7-15-35-23)29-25(24)32(3)30-17)26(33)28-19-13-11-18(12-14-19)27(34)31(2)20-8-5-4-6-9-20/h7,10-16,20H,4-6,8-9H2,1-3H3,(H,28,33). The van der Waals surface area contributed by atoms with Crippen LogP contribution >= 0.6 is 0 Å². The highest BCUT2D eigenvalue weighted by Crippen LogP contribution is 2.28. The fraction of sp³-hybridized carbons (Fsp3) is 0.333. The summed E-state index contributed by atoms with van der Waals surface area (Å²) in [5.74, 6) is 0.309. The molecular weight excluding hydrogens is 442 g/mol. The molecule has 1 N–H and O–H groups in total. The molecule has 35 heavy (non-hydrogen) atoms. The lowest BCUT2D eigenvalue weighted by molar-refractivity contribution is 0.0696. The molecule has 0 radical (unpaired) electrons. The number of carbonyl (C=O) groups is 2. The maximum Gasteiger partial charge on any atom is 0.256 e. The zero-order valence-corrected chi connectivity index (χ0v) is 20.2. The van der Waals surface area contributed by atoms with Gasteiger partial charge < -0.3 is 14.6 Å². The van der Waals surface area contributed by atoms with Gasteiger partial charge in [0.05, 0.1) is 22.9 Å². The van der Waals surface area contributed by atoms with Gasteiger partial charge in [0.15, 0.2) is 11.4 Å². The highest BCUT2D eigenvalue weighted by molar-refractivity contribution is 6.13. The van der Waals surface area contributed by atoms with E-state index >= 15 is 0 Å². The Morgan fingerprint density at radius 3 is 2.54 bits per heavy atom. The summed E-state index contributed by atoms with van der Waals surface area (Å²) in [5.41, 5.74) is 3.57. The van der Waals surface area contributed by atoms with E-state index in [4.69, 9.17) is 4.42 Å². The van der Waals surface area contributed by atoms with Crippen molar-refractivity contribution in [2.45, 2.75) is 45.1 Å². The summed E-state index contributed by atoms with van der Waals surface area (Å²) in [6.07, 6.45) is 7.29. The largest absolute Gasteiger partial charge is 0.463 e. The van der Waals surface area contributed by atoms with E-state index in [9.17, 15) is 9.59 Å². The third kappa shape index (κ3) is 4.43. The van der Waals surface area contributed by atoms with Crippen molar-refractivity contribution in [3.05, 3.63) is 65.5 Å². The van der Waals surface area contributed by atoms with Gasteiger partial charge in [0.25, 0.3) is 11.8 Å². The van der Waals surface area contributed by atoms with Crippen LogP contribution in [-0.4, -0.2) is 44.6 Å². The van der Waals surface area contributed by atoms with Crippen molar-refractivity contribution in [2.75, 3.05) is 12.4 Å².